The van der Waals surface area contributed by atoms with Crippen molar-refractivity contribution in [2.75, 3.05) is 6.61 Å². The second kappa shape index (κ2) is 7.82. The van der Waals surface area contributed by atoms with Crippen LogP contribution in [0.3, 0.4) is 0 Å². The van der Waals surface area contributed by atoms with Gasteiger partial charge in [0.25, 0.3) is 6.43 Å². The van der Waals surface area contributed by atoms with Gasteiger partial charge in [0.2, 0.25) is 0 Å². The molecule has 7 heteroatoms. The summed E-state index contributed by atoms with van der Waals surface area (Å²) in [5, 5.41) is 0. The Balaban J connectivity index is 2.25. The molecule has 0 aliphatic heterocycles. The van der Waals surface area contributed by atoms with Crippen LogP contribution in [0.4, 0.5) is 8.78 Å². The summed E-state index contributed by atoms with van der Waals surface area (Å²) in [6, 6.07) is 4.80. The highest BCUT2D eigenvalue weighted by Crippen LogP contribution is 2.30. The van der Waals surface area contributed by atoms with Crippen LogP contribution in [0, 0.1) is 12.8 Å². The Hall–Kier alpha value is -2.15. The molecule has 0 spiro atoms. The van der Waals surface area contributed by atoms with E-state index >= 15 is 0 Å². The molecule has 2 rings (SSSR count). The SMILES string of the molecule is Cc1cc(-c2ccc(OC[C@@](C)(N)CC(C)C)c(C(F)F)n2)ncn1. The summed E-state index contributed by atoms with van der Waals surface area (Å²) in [6.07, 6.45) is -0.653. The normalized spacial score (nSPS) is 14.0. The van der Waals surface area contributed by atoms with Crippen molar-refractivity contribution in [3.8, 4) is 17.1 Å². The molecule has 25 heavy (non-hydrogen) atoms. The van der Waals surface area contributed by atoms with E-state index in [1.165, 1.54) is 12.4 Å². The van der Waals surface area contributed by atoms with Crippen LogP contribution in [0.1, 0.15) is 45.0 Å². The molecule has 0 amide bonds. The smallest absolute Gasteiger partial charge is 0.284 e. The number of halogens is 2. The van der Waals surface area contributed by atoms with Gasteiger partial charge in [-0.1, -0.05) is 13.8 Å². The summed E-state index contributed by atoms with van der Waals surface area (Å²) in [5.74, 6) is 0.430. The predicted molar refractivity (Wildman–Crippen MR) is 92.5 cm³/mol. The summed E-state index contributed by atoms with van der Waals surface area (Å²) in [7, 11) is 0. The fraction of sp³-hybridized carbons (Fsp3) is 0.500. The monoisotopic (exact) mass is 350 g/mol. The van der Waals surface area contributed by atoms with E-state index in [4.69, 9.17) is 10.5 Å². The van der Waals surface area contributed by atoms with Gasteiger partial charge in [0.1, 0.15) is 24.4 Å². The standard InChI is InChI=1S/C18H24F2N4O/c1-11(2)8-18(4,21)9-25-15-6-5-13(24-16(15)17(19)20)14-7-12(3)22-10-23-14/h5-7,10-11,17H,8-9,21H2,1-4H3/t18-/m0/s1. The zero-order valence-electron chi connectivity index (χ0n) is 15.0. The third-order valence-corrected chi connectivity index (χ3v) is 3.59. The highest BCUT2D eigenvalue weighted by molar-refractivity contribution is 5.55. The molecule has 0 saturated carbocycles. The van der Waals surface area contributed by atoms with Crippen molar-refractivity contribution in [3.05, 3.63) is 35.9 Å². The number of hydrogen-bond acceptors (Lipinski definition) is 5. The van der Waals surface area contributed by atoms with Crippen molar-refractivity contribution < 1.29 is 13.5 Å². The van der Waals surface area contributed by atoms with E-state index in [0.717, 1.165) is 12.1 Å². The van der Waals surface area contributed by atoms with Gasteiger partial charge >= 0.3 is 0 Å². The molecule has 0 aliphatic carbocycles. The summed E-state index contributed by atoms with van der Waals surface area (Å²) in [6.45, 7) is 7.89. The van der Waals surface area contributed by atoms with Crippen LogP contribution in [0.15, 0.2) is 24.5 Å². The fourth-order valence-electron chi connectivity index (χ4n) is 2.71. The number of nitrogens with two attached hydrogens (primary N) is 1. The highest BCUT2D eigenvalue weighted by Gasteiger charge is 2.24. The molecule has 0 fully saturated rings. The topological polar surface area (TPSA) is 73.9 Å². The number of hydrogen-bond donors (Lipinski definition) is 1. The number of ether oxygens (including phenoxy) is 1. The van der Waals surface area contributed by atoms with E-state index in [9.17, 15) is 8.78 Å². The lowest BCUT2D eigenvalue weighted by atomic mass is 9.93. The zero-order valence-corrected chi connectivity index (χ0v) is 15.0. The quantitative estimate of drug-likeness (QED) is 0.819. The number of rotatable bonds is 7. The van der Waals surface area contributed by atoms with Crippen molar-refractivity contribution in [1.29, 1.82) is 0 Å². The van der Waals surface area contributed by atoms with E-state index in [-0.39, 0.29) is 12.4 Å². The maximum absolute atomic E-state index is 13.4. The number of aryl methyl sites for hydroxylation is 1. The average Bonchev–Trinajstić information content (AvgIpc) is 2.51. The number of aromatic nitrogens is 3. The molecule has 1 atom stereocenters. The van der Waals surface area contributed by atoms with Gasteiger partial charge in [0, 0.05) is 11.2 Å². The minimum Gasteiger partial charge on any atom is -0.490 e. The van der Waals surface area contributed by atoms with E-state index < -0.39 is 17.7 Å². The predicted octanol–water partition coefficient (Wildman–Crippen LogP) is 3.93. The van der Waals surface area contributed by atoms with Gasteiger partial charge in [-0.2, -0.15) is 0 Å². The zero-order chi connectivity index (χ0) is 18.6. The first-order chi connectivity index (χ1) is 11.7. The average molecular weight is 350 g/mol. The summed E-state index contributed by atoms with van der Waals surface area (Å²) >= 11 is 0. The van der Waals surface area contributed by atoms with Crippen LogP contribution < -0.4 is 10.5 Å². The molecule has 0 aliphatic rings. The van der Waals surface area contributed by atoms with Gasteiger partial charge in [0.05, 0.1) is 11.4 Å². The second-order valence-corrected chi connectivity index (χ2v) is 6.97. The second-order valence-electron chi connectivity index (χ2n) is 6.97. The minimum absolute atomic E-state index is 0.0463. The maximum Gasteiger partial charge on any atom is 0.284 e. The molecular formula is C18H24F2N4O. The van der Waals surface area contributed by atoms with Gasteiger partial charge < -0.3 is 10.5 Å². The van der Waals surface area contributed by atoms with Crippen LogP contribution in [0.5, 0.6) is 5.75 Å². The van der Waals surface area contributed by atoms with Crippen molar-refractivity contribution >= 4 is 0 Å². The first kappa shape index (κ1) is 19.2. The number of alkyl halides is 2. The van der Waals surface area contributed by atoms with Gasteiger partial charge in [-0.25, -0.2) is 23.7 Å². The molecule has 2 aromatic heterocycles. The lowest BCUT2D eigenvalue weighted by molar-refractivity contribution is 0.134. The molecule has 0 unspecified atom stereocenters. The Kier molecular flexibility index (Phi) is 6.00. The Morgan fingerprint density at radius 2 is 1.92 bits per heavy atom. The lowest BCUT2D eigenvalue weighted by Gasteiger charge is -2.27. The first-order valence-corrected chi connectivity index (χ1v) is 8.18. The van der Waals surface area contributed by atoms with Crippen LogP contribution in [0.2, 0.25) is 0 Å². The van der Waals surface area contributed by atoms with Gasteiger partial charge in [-0.3, -0.25) is 0 Å². The van der Waals surface area contributed by atoms with E-state index in [1.54, 1.807) is 19.1 Å². The summed E-state index contributed by atoms with van der Waals surface area (Å²) in [4.78, 5) is 12.1. The summed E-state index contributed by atoms with van der Waals surface area (Å²) < 4.78 is 32.4. The van der Waals surface area contributed by atoms with Crippen molar-refractivity contribution in [2.24, 2.45) is 11.7 Å². The Bertz CT molecular complexity index is 720. The first-order valence-electron chi connectivity index (χ1n) is 8.18. The van der Waals surface area contributed by atoms with E-state index in [1.807, 2.05) is 6.92 Å². The molecule has 2 heterocycles. The van der Waals surface area contributed by atoms with Crippen LogP contribution >= 0.6 is 0 Å². The van der Waals surface area contributed by atoms with Crippen LogP contribution in [0.25, 0.3) is 11.4 Å². The highest BCUT2D eigenvalue weighted by atomic mass is 19.3. The Labute approximate surface area is 146 Å². The van der Waals surface area contributed by atoms with Crippen molar-refractivity contribution in [2.45, 2.75) is 46.1 Å². The number of nitrogens with zero attached hydrogens (tertiary/aromatic N) is 3. The third kappa shape index (κ3) is 5.42. The fourth-order valence-corrected chi connectivity index (χ4v) is 2.71. The van der Waals surface area contributed by atoms with Crippen molar-refractivity contribution in [1.82, 2.24) is 15.0 Å². The maximum atomic E-state index is 13.4. The Morgan fingerprint density at radius 3 is 2.52 bits per heavy atom. The summed E-state index contributed by atoms with van der Waals surface area (Å²) in [5.41, 5.74) is 6.75. The molecule has 0 aromatic carbocycles. The van der Waals surface area contributed by atoms with Crippen LogP contribution in [-0.2, 0) is 0 Å². The molecule has 0 radical (unpaired) electrons. The molecule has 0 bridgehead atoms. The molecular weight excluding hydrogens is 326 g/mol. The van der Waals surface area contributed by atoms with E-state index in [2.05, 4.69) is 28.8 Å². The van der Waals surface area contributed by atoms with E-state index in [0.29, 0.717) is 17.3 Å². The minimum atomic E-state index is -2.76. The number of pyridine rings is 1. The Morgan fingerprint density at radius 1 is 1.20 bits per heavy atom. The van der Waals surface area contributed by atoms with Gasteiger partial charge in [-0.15, -0.1) is 0 Å². The van der Waals surface area contributed by atoms with Crippen molar-refractivity contribution in [3.63, 3.8) is 0 Å². The lowest BCUT2D eigenvalue weighted by Crippen LogP contribution is -2.43. The molecule has 2 N–H and O–H groups in total. The molecule has 2 aromatic rings. The molecule has 136 valence electrons. The molecule has 0 saturated heterocycles. The third-order valence-electron chi connectivity index (χ3n) is 3.59. The largest absolute Gasteiger partial charge is 0.490 e. The van der Waals surface area contributed by atoms with Gasteiger partial charge in [0.15, 0.2) is 0 Å². The molecule has 5 nitrogen and oxygen atoms in total. The van der Waals surface area contributed by atoms with Crippen LogP contribution in [-0.4, -0.2) is 27.1 Å². The van der Waals surface area contributed by atoms with Gasteiger partial charge in [-0.05, 0) is 44.4 Å².